The SMILES string of the molecule is C=C(C=NC)N=C/C=C\C. The molecule has 0 N–H and O–H groups in total. The standard InChI is InChI=1S/C8H12N2/c1-4-5-6-10-8(2)7-9-3/h4-7H,2H2,1,3H3/b5-4-,9-7?,10-6?. The molecule has 0 aromatic heterocycles. The van der Waals surface area contributed by atoms with E-state index >= 15 is 0 Å². The smallest absolute Gasteiger partial charge is 0.0735 e. The van der Waals surface area contributed by atoms with Crippen molar-refractivity contribution in [3.63, 3.8) is 0 Å². The van der Waals surface area contributed by atoms with Crippen molar-refractivity contribution in [2.24, 2.45) is 9.98 Å². The van der Waals surface area contributed by atoms with Gasteiger partial charge < -0.3 is 0 Å². The van der Waals surface area contributed by atoms with Crippen LogP contribution in [0.3, 0.4) is 0 Å². The zero-order chi connectivity index (χ0) is 7.82. The molecule has 0 amide bonds. The summed E-state index contributed by atoms with van der Waals surface area (Å²) in [6, 6.07) is 0. The van der Waals surface area contributed by atoms with Gasteiger partial charge in [0.1, 0.15) is 0 Å². The Hall–Kier alpha value is -1.18. The average molecular weight is 136 g/mol. The van der Waals surface area contributed by atoms with Crippen LogP contribution in [-0.2, 0) is 0 Å². The molecule has 0 atom stereocenters. The minimum atomic E-state index is 0.667. The Morgan fingerprint density at radius 1 is 1.50 bits per heavy atom. The van der Waals surface area contributed by atoms with Gasteiger partial charge in [0.15, 0.2) is 0 Å². The molecule has 0 saturated carbocycles. The summed E-state index contributed by atoms with van der Waals surface area (Å²) in [7, 11) is 1.69. The minimum absolute atomic E-state index is 0.667. The summed E-state index contributed by atoms with van der Waals surface area (Å²) in [6.45, 7) is 5.57. The van der Waals surface area contributed by atoms with E-state index in [2.05, 4.69) is 16.6 Å². The fraction of sp³-hybridized carbons (Fsp3) is 0.250. The maximum atomic E-state index is 3.95. The van der Waals surface area contributed by atoms with Gasteiger partial charge in [-0.25, -0.2) is 0 Å². The highest BCUT2D eigenvalue weighted by Gasteiger charge is 1.75. The average Bonchev–Trinajstić information content (AvgIpc) is 1.89. The summed E-state index contributed by atoms with van der Waals surface area (Å²) in [4.78, 5) is 7.70. The summed E-state index contributed by atoms with van der Waals surface area (Å²) in [5.41, 5.74) is 0.667. The number of aliphatic imine (C=N–C) groups is 2. The highest BCUT2D eigenvalue weighted by molar-refractivity contribution is 5.82. The topological polar surface area (TPSA) is 24.7 Å². The van der Waals surface area contributed by atoms with E-state index in [1.807, 2.05) is 19.1 Å². The first kappa shape index (κ1) is 8.82. The zero-order valence-corrected chi connectivity index (χ0v) is 6.41. The molecule has 0 aliphatic carbocycles. The summed E-state index contributed by atoms with van der Waals surface area (Å²) < 4.78 is 0. The van der Waals surface area contributed by atoms with E-state index in [0.717, 1.165) is 0 Å². The molecule has 0 radical (unpaired) electrons. The van der Waals surface area contributed by atoms with Gasteiger partial charge in [0.2, 0.25) is 0 Å². The molecular formula is C8H12N2. The van der Waals surface area contributed by atoms with E-state index in [0.29, 0.717) is 5.70 Å². The lowest BCUT2D eigenvalue weighted by molar-refractivity contribution is 1.43. The summed E-state index contributed by atoms with van der Waals surface area (Å²) in [6.07, 6.45) is 7.04. The van der Waals surface area contributed by atoms with E-state index in [1.54, 1.807) is 19.5 Å². The van der Waals surface area contributed by atoms with Crippen LogP contribution in [0.1, 0.15) is 6.92 Å². The van der Waals surface area contributed by atoms with Crippen molar-refractivity contribution >= 4 is 12.4 Å². The minimum Gasteiger partial charge on any atom is -0.294 e. The lowest BCUT2D eigenvalue weighted by Gasteiger charge is -1.83. The molecule has 0 aromatic carbocycles. The Labute approximate surface area is 61.7 Å². The molecule has 0 aliphatic heterocycles. The van der Waals surface area contributed by atoms with Gasteiger partial charge in [-0.1, -0.05) is 12.7 Å². The summed E-state index contributed by atoms with van der Waals surface area (Å²) >= 11 is 0. The maximum absolute atomic E-state index is 3.95. The molecule has 0 bridgehead atoms. The van der Waals surface area contributed by atoms with Gasteiger partial charge in [-0.2, -0.15) is 0 Å². The predicted molar refractivity (Wildman–Crippen MR) is 46.9 cm³/mol. The molecule has 2 heteroatoms. The van der Waals surface area contributed by atoms with Gasteiger partial charge in [0, 0.05) is 19.5 Å². The van der Waals surface area contributed by atoms with Gasteiger partial charge >= 0.3 is 0 Å². The van der Waals surface area contributed by atoms with Crippen molar-refractivity contribution in [1.82, 2.24) is 0 Å². The van der Waals surface area contributed by atoms with Crippen LogP contribution in [0, 0.1) is 0 Å². The van der Waals surface area contributed by atoms with Crippen LogP contribution in [0.15, 0.2) is 34.4 Å². The van der Waals surface area contributed by atoms with E-state index in [9.17, 15) is 0 Å². The van der Waals surface area contributed by atoms with Crippen LogP contribution >= 0.6 is 0 Å². The first-order valence-corrected chi connectivity index (χ1v) is 3.07. The first-order valence-electron chi connectivity index (χ1n) is 3.07. The molecule has 0 saturated heterocycles. The van der Waals surface area contributed by atoms with Crippen LogP contribution in [-0.4, -0.2) is 19.5 Å². The van der Waals surface area contributed by atoms with Crippen LogP contribution in [0.5, 0.6) is 0 Å². The Morgan fingerprint density at radius 3 is 2.70 bits per heavy atom. The Balaban J connectivity index is 3.78. The van der Waals surface area contributed by atoms with Crippen molar-refractivity contribution in [1.29, 1.82) is 0 Å². The number of hydrogen-bond acceptors (Lipinski definition) is 2. The molecule has 0 fully saturated rings. The molecule has 0 aromatic rings. The molecule has 0 spiro atoms. The van der Waals surface area contributed by atoms with Gasteiger partial charge in [-0.3, -0.25) is 9.98 Å². The molecule has 0 unspecified atom stereocenters. The zero-order valence-electron chi connectivity index (χ0n) is 6.41. The number of nitrogens with zero attached hydrogens (tertiary/aromatic N) is 2. The van der Waals surface area contributed by atoms with Gasteiger partial charge in [0.05, 0.1) is 5.70 Å². The summed E-state index contributed by atoms with van der Waals surface area (Å²) in [5, 5.41) is 0. The molecule has 2 nitrogen and oxygen atoms in total. The molecular weight excluding hydrogens is 124 g/mol. The maximum Gasteiger partial charge on any atom is 0.0735 e. The quantitative estimate of drug-likeness (QED) is 0.529. The van der Waals surface area contributed by atoms with Crippen molar-refractivity contribution in [2.75, 3.05) is 7.05 Å². The third-order valence-electron chi connectivity index (χ3n) is 0.797. The van der Waals surface area contributed by atoms with Gasteiger partial charge in [-0.15, -0.1) is 0 Å². The normalized spacial score (nSPS) is 12.2. The third-order valence-corrected chi connectivity index (χ3v) is 0.797. The van der Waals surface area contributed by atoms with E-state index in [-0.39, 0.29) is 0 Å². The lowest BCUT2D eigenvalue weighted by Crippen LogP contribution is -1.76. The monoisotopic (exact) mass is 136 g/mol. The van der Waals surface area contributed by atoms with Crippen LogP contribution in [0.4, 0.5) is 0 Å². The van der Waals surface area contributed by atoms with Crippen molar-refractivity contribution in [3.8, 4) is 0 Å². The number of hydrogen-bond donors (Lipinski definition) is 0. The van der Waals surface area contributed by atoms with E-state index in [1.165, 1.54) is 0 Å². The first-order chi connectivity index (χ1) is 4.81. The van der Waals surface area contributed by atoms with Crippen LogP contribution < -0.4 is 0 Å². The predicted octanol–water partition coefficient (Wildman–Crippen LogP) is 1.85. The van der Waals surface area contributed by atoms with Gasteiger partial charge in [0.25, 0.3) is 0 Å². The van der Waals surface area contributed by atoms with Crippen LogP contribution in [0.25, 0.3) is 0 Å². The van der Waals surface area contributed by atoms with Crippen molar-refractivity contribution in [3.05, 3.63) is 24.4 Å². The molecule has 54 valence electrons. The molecule has 0 heterocycles. The Bertz CT molecular complexity index is 176. The van der Waals surface area contributed by atoms with E-state index < -0.39 is 0 Å². The third kappa shape index (κ3) is 4.97. The second-order valence-corrected chi connectivity index (χ2v) is 1.68. The number of allylic oxidation sites excluding steroid dienone is 3. The van der Waals surface area contributed by atoms with Gasteiger partial charge in [-0.05, 0) is 13.0 Å². The Kier molecular flexibility index (Phi) is 5.25. The fourth-order valence-electron chi connectivity index (χ4n) is 0.407. The largest absolute Gasteiger partial charge is 0.294 e. The van der Waals surface area contributed by atoms with Crippen molar-refractivity contribution in [2.45, 2.75) is 6.92 Å². The lowest BCUT2D eigenvalue weighted by atomic mass is 10.5. The molecule has 0 aliphatic rings. The van der Waals surface area contributed by atoms with Crippen LogP contribution in [0.2, 0.25) is 0 Å². The van der Waals surface area contributed by atoms with E-state index in [4.69, 9.17) is 0 Å². The van der Waals surface area contributed by atoms with Crippen molar-refractivity contribution < 1.29 is 0 Å². The summed E-state index contributed by atoms with van der Waals surface area (Å²) in [5.74, 6) is 0. The highest BCUT2D eigenvalue weighted by Crippen LogP contribution is 1.84. The Morgan fingerprint density at radius 2 is 2.20 bits per heavy atom. The second kappa shape index (κ2) is 5.95. The second-order valence-electron chi connectivity index (χ2n) is 1.68. The highest BCUT2D eigenvalue weighted by atomic mass is 14.8. The molecule has 10 heavy (non-hydrogen) atoms. The number of rotatable bonds is 3. The molecule has 0 rings (SSSR count). The fourth-order valence-corrected chi connectivity index (χ4v) is 0.407.